The quantitative estimate of drug-likeness (QED) is 0.895. The lowest BCUT2D eigenvalue weighted by atomic mass is 10.1. The third-order valence-corrected chi connectivity index (χ3v) is 3.90. The van der Waals surface area contributed by atoms with Crippen LogP contribution in [0.2, 0.25) is 0 Å². The SMILES string of the molecule is Cc1cc(NCc2cc(Br)c3c(c2)OCCO3)ccc1F. The molecular formula is C16H15BrFNO2. The van der Waals surface area contributed by atoms with E-state index in [9.17, 15) is 4.39 Å². The van der Waals surface area contributed by atoms with Crippen molar-refractivity contribution in [1.82, 2.24) is 0 Å². The van der Waals surface area contributed by atoms with Crippen molar-refractivity contribution in [3.8, 4) is 11.5 Å². The lowest BCUT2D eigenvalue weighted by Crippen LogP contribution is -2.16. The summed E-state index contributed by atoms with van der Waals surface area (Å²) in [5.74, 6) is 1.31. The van der Waals surface area contributed by atoms with Crippen LogP contribution in [0.15, 0.2) is 34.8 Å². The van der Waals surface area contributed by atoms with E-state index in [2.05, 4.69) is 21.2 Å². The summed E-state index contributed by atoms with van der Waals surface area (Å²) in [6, 6.07) is 8.95. The predicted octanol–water partition coefficient (Wildman–Crippen LogP) is 4.28. The van der Waals surface area contributed by atoms with E-state index in [1.54, 1.807) is 19.1 Å². The summed E-state index contributed by atoms with van der Waals surface area (Å²) in [6.07, 6.45) is 0. The van der Waals surface area contributed by atoms with Crippen LogP contribution in [0.5, 0.6) is 11.5 Å². The van der Waals surface area contributed by atoms with Crippen LogP contribution < -0.4 is 14.8 Å². The lowest BCUT2D eigenvalue weighted by molar-refractivity contribution is 0.170. The maximum atomic E-state index is 13.2. The highest BCUT2D eigenvalue weighted by Crippen LogP contribution is 2.38. The summed E-state index contributed by atoms with van der Waals surface area (Å²) in [5.41, 5.74) is 2.58. The highest BCUT2D eigenvalue weighted by Gasteiger charge is 2.16. The van der Waals surface area contributed by atoms with Gasteiger partial charge < -0.3 is 14.8 Å². The average Bonchev–Trinajstić information content (AvgIpc) is 2.49. The lowest BCUT2D eigenvalue weighted by Gasteiger charge is -2.20. The molecule has 0 fully saturated rings. The van der Waals surface area contributed by atoms with Crippen molar-refractivity contribution in [2.45, 2.75) is 13.5 Å². The van der Waals surface area contributed by atoms with E-state index in [1.807, 2.05) is 12.1 Å². The largest absolute Gasteiger partial charge is 0.486 e. The molecule has 3 nitrogen and oxygen atoms in total. The topological polar surface area (TPSA) is 30.5 Å². The van der Waals surface area contributed by atoms with E-state index >= 15 is 0 Å². The van der Waals surface area contributed by atoms with Gasteiger partial charge in [-0.1, -0.05) is 0 Å². The Balaban J connectivity index is 1.76. The number of hydrogen-bond donors (Lipinski definition) is 1. The minimum atomic E-state index is -0.192. The normalized spacial score (nSPS) is 13.1. The number of nitrogens with one attached hydrogen (secondary N) is 1. The van der Waals surface area contributed by atoms with Crippen molar-refractivity contribution in [1.29, 1.82) is 0 Å². The van der Waals surface area contributed by atoms with Crippen LogP contribution in [0.3, 0.4) is 0 Å². The maximum absolute atomic E-state index is 13.2. The van der Waals surface area contributed by atoms with E-state index < -0.39 is 0 Å². The second-order valence-electron chi connectivity index (χ2n) is 4.92. The van der Waals surface area contributed by atoms with Crippen molar-refractivity contribution in [3.63, 3.8) is 0 Å². The minimum absolute atomic E-state index is 0.192. The van der Waals surface area contributed by atoms with Gasteiger partial charge in [0.15, 0.2) is 11.5 Å². The molecule has 2 aromatic carbocycles. The zero-order valence-electron chi connectivity index (χ0n) is 11.6. The first-order valence-electron chi connectivity index (χ1n) is 6.71. The van der Waals surface area contributed by atoms with Gasteiger partial charge in [-0.3, -0.25) is 0 Å². The van der Waals surface area contributed by atoms with Crippen LogP contribution in [0.1, 0.15) is 11.1 Å². The first-order chi connectivity index (χ1) is 10.1. The van der Waals surface area contributed by atoms with Crippen molar-refractivity contribution in [2.24, 2.45) is 0 Å². The number of aryl methyl sites for hydroxylation is 1. The molecule has 1 aliphatic heterocycles. The standard InChI is InChI=1S/C16H15BrFNO2/c1-10-6-12(2-3-14(10)18)19-9-11-7-13(17)16-15(8-11)20-4-5-21-16/h2-3,6-8,19H,4-5,9H2,1H3. The minimum Gasteiger partial charge on any atom is -0.486 e. The third kappa shape index (κ3) is 3.13. The molecule has 1 N–H and O–H groups in total. The van der Waals surface area contributed by atoms with Crippen LogP contribution in [0.4, 0.5) is 10.1 Å². The monoisotopic (exact) mass is 351 g/mol. The van der Waals surface area contributed by atoms with Crippen LogP contribution in [0.25, 0.3) is 0 Å². The summed E-state index contributed by atoms with van der Waals surface area (Å²) >= 11 is 3.50. The molecule has 0 aromatic heterocycles. The fourth-order valence-electron chi connectivity index (χ4n) is 2.23. The second-order valence-corrected chi connectivity index (χ2v) is 5.77. The molecule has 2 aromatic rings. The van der Waals surface area contributed by atoms with Gasteiger partial charge in [0.1, 0.15) is 19.0 Å². The number of rotatable bonds is 3. The van der Waals surface area contributed by atoms with Gasteiger partial charge in [0.2, 0.25) is 0 Å². The summed E-state index contributed by atoms with van der Waals surface area (Å²) < 4.78 is 25.3. The number of halogens is 2. The number of hydrogen-bond acceptors (Lipinski definition) is 3. The van der Waals surface area contributed by atoms with E-state index in [1.165, 1.54) is 6.07 Å². The maximum Gasteiger partial charge on any atom is 0.175 e. The van der Waals surface area contributed by atoms with Gasteiger partial charge in [-0.2, -0.15) is 0 Å². The van der Waals surface area contributed by atoms with Gasteiger partial charge in [-0.05, 0) is 64.3 Å². The number of anilines is 1. The van der Waals surface area contributed by atoms with Crippen molar-refractivity contribution in [3.05, 3.63) is 51.7 Å². The van der Waals surface area contributed by atoms with Crippen LogP contribution in [-0.2, 0) is 6.54 Å². The predicted molar refractivity (Wildman–Crippen MR) is 83.6 cm³/mol. The van der Waals surface area contributed by atoms with E-state index in [4.69, 9.17) is 9.47 Å². The number of benzene rings is 2. The Bertz CT molecular complexity index is 676. The molecule has 0 spiro atoms. The molecule has 0 saturated heterocycles. The van der Waals surface area contributed by atoms with Crippen molar-refractivity contribution >= 4 is 21.6 Å². The smallest absolute Gasteiger partial charge is 0.175 e. The van der Waals surface area contributed by atoms with E-state index in [-0.39, 0.29) is 5.82 Å². The average molecular weight is 352 g/mol. The van der Waals surface area contributed by atoms with Crippen LogP contribution in [0, 0.1) is 12.7 Å². The summed E-state index contributed by atoms with van der Waals surface area (Å²) in [5, 5.41) is 3.28. The molecular weight excluding hydrogens is 337 g/mol. The van der Waals surface area contributed by atoms with Gasteiger partial charge in [-0.15, -0.1) is 0 Å². The zero-order chi connectivity index (χ0) is 14.8. The summed E-state index contributed by atoms with van der Waals surface area (Å²) in [4.78, 5) is 0. The molecule has 0 radical (unpaired) electrons. The molecule has 0 amide bonds. The fraction of sp³-hybridized carbons (Fsp3) is 0.250. The third-order valence-electron chi connectivity index (χ3n) is 3.31. The highest BCUT2D eigenvalue weighted by molar-refractivity contribution is 9.10. The molecule has 0 atom stereocenters. The molecule has 3 rings (SSSR count). The molecule has 0 unspecified atom stereocenters. The summed E-state index contributed by atoms with van der Waals surface area (Å²) in [6.45, 7) is 3.51. The Labute approximate surface area is 131 Å². The van der Waals surface area contributed by atoms with Gasteiger partial charge in [-0.25, -0.2) is 4.39 Å². The molecule has 0 aliphatic carbocycles. The van der Waals surface area contributed by atoms with Crippen LogP contribution >= 0.6 is 15.9 Å². The van der Waals surface area contributed by atoms with Gasteiger partial charge in [0.05, 0.1) is 4.47 Å². The Kier molecular flexibility index (Phi) is 4.01. The molecule has 5 heteroatoms. The van der Waals surface area contributed by atoms with E-state index in [0.29, 0.717) is 25.3 Å². The molecule has 1 aliphatic rings. The molecule has 0 saturated carbocycles. The molecule has 21 heavy (non-hydrogen) atoms. The molecule has 0 bridgehead atoms. The highest BCUT2D eigenvalue weighted by atomic mass is 79.9. The Morgan fingerprint density at radius 3 is 2.81 bits per heavy atom. The summed E-state index contributed by atoms with van der Waals surface area (Å²) in [7, 11) is 0. The van der Waals surface area contributed by atoms with Crippen molar-refractivity contribution < 1.29 is 13.9 Å². The van der Waals surface area contributed by atoms with Gasteiger partial charge >= 0.3 is 0 Å². The van der Waals surface area contributed by atoms with Gasteiger partial charge in [0, 0.05) is 12.2 Å². The Hall–Kier alpha value is -1.75. The fourth-order valence-corrected chi connectivity index (χ4v) is 2.83. The number of fused-ring (bicyclic) bond motifs is 1. The van der Waals surface area contributed by atoms with E-state index in [0.717, 1.165) is 27.2 Å². The van der Waals surface area contributed by atoms with Crippen LogP contribution in [-0.4, -0.2) is 13.2 Å². The Morgan fingerprint density at radius 2 is 2.00 bits per heavy atom. The molecule has 1 heterocycles. The molecule has 110 valence electrons. The first kappa shape index (κ1) is 14.2. The Morgan fingerprint density at radius 1 is 1.19 bits per heavy atom. The van der Waals surface area contributed by atoms with Gasteiger partial charge in [0.25, 0.3) is 0 Å². The first-order valence-corrected chi connectivity index (χ1v) is 7.51. The van der Waals surface area contributed by atoms with Crippen molar-refractivity contribution in [2.75, 3.05) is 18.5 Å². The second kappa shape index (κ2) is 5.93. The zero-order valence-corrected chi connectivity index (χ0v) is 13.2. The number of ether oxygens (including phenoxy) is 2.